The first-order valence-electron chi connectivity index (χ1n) is 9.67. The minimum absolute atomic E-state index is 0.158. The highest BCUT2D eigenvalue weighted by molar-refractivity contribution is 6.44. The molecule has 0 saturated carbocycles. The fraction of sp³-hybridized carbons (Fsp3) is 0.364. The molecular weight excluding hydrogens is 445 g/mol. The smallest absolute Gasteiger partial charge is 0.257 e. The van der Waals surface area contributed by atoms with Gasteiger partial charge in [-0.1, -0.05) is 61.6 Å². The van der Waals surface area contributed by atoms with E-state index in [9.17, 15) is 9.59 Å². The van der Waals surface area contributed by atoms with Gasteiger partial charge in [0.05, 0.1) is 26.3 Å². The Bertz CT molecular complexity index is 965. The van der Waals surface area contributed by atoms with Gasteiger partial charge in [-0.25, -0.2) is 0 Å². The fourth-order valence-corrected chi connectivity index (χ4v) is 4.03. The van der Waals surface area contributed by atoms with Gasteiger partial charge in [-0.3, -0.25) is 9.59 Å². The zero-order valence-electron chi connectivity index (χ0n) is 17.1. The molecule has 1 saturated heterocycles. The van der Waals surface area contributed by atoms with Gasteiger partial charge in [0.2, 0.25) is 5.91 Å². The maximum absolute atomic E-state index is 12.5. The number of hydrogen-bond acceptors (Lipinski definition) is 3. The number of rotatable bonds is 3. The van der Waals surface area contributed by atoms with Crippen molar-refractivity contribution in [3.63, 3.8) is 0 Å². The number of nitrogens with one attached hydrogen (secondary N) is 1. The number of benzene rings is 2. The normalized spacial score (nSPS) is 14.6. The molecule has 5 nitrogen and oxygen atoms in total. The van der Waals surface area contributed by atoms with E-state index >= 15 is 0 Å². The van der Waals surface area contributed by atoms with E-state index in [-0.39, 0.29) is 22.3 Å². The second-order valence-electron chi connectivity index (χ2n) is 8.25. The minimum atomic E-state index is -0.383. The third-order valence-corrected chi connectivity index (χ3v) is 6.07. The van der Waals surface area contributed by atoms with E-state index in [0.717, 1.165) is 5.69 Å². The summed E-state index contributed by atoms with van der Waals surface area (Å²) < 4.78 is 0. The maximum atomic E-state index is 12.5. The summed E-state index contributed by atoms with van der Waals surface area (Å²) in [6.07, 6.45) is 0. The molecule has 0 bridgehead atoms. The number of anilines is 2. The molecule has 1 aliphatic heterocycles. The van der Waals surface area contributed by atoms with Crippen molar-refractivity contribution in [2.24, 2.45) is 5.41 Å². The Morgan fingerprint density at radius 2 is 1.60 bits per heavy atom. The van der Waals surface area contributed by atoms with E-state index in [4.69, 9.17) is 34.8 Å². The molecule has 2 aromatic carbocycles. The summed E-state index contributed by atoms with van der Waals surface area (Å²) in [6.45, 7) is 8.50. The van der Waals surface area contributed by atoms with Gasteiger partial charge in [0.15, 0.2) is 0 Å². The number of halogens is 3. The van der Waals surface area contributed by atoms with Crippen molar-refractivity contribution >= 4 is 58.0 Å². The molecule has 1 aliphatic rings. The molecule has 0 radical (unpaired) electrons. The van der Waals surface area contributed by atoms with Gasteiger partial charge in [-0.15, -0.1) is 0 Å². The van der Waals surface area contributed by atoms with Gasteiger partial charge in [-0.2, -0.15) is 0 Å². The molecule has 0 atom stereocenters. The van der Waals surface area contributed by atoms with Crippen LogP contribution in [0.5, 0.6) is 0 Å². The first-order valence-corrected chi connectivity index (χ1v) is 10.8. The molecule has 1 fully saturated rings. The van der Waals surface area contributed by atoms with Crippen LogP contribution >= 0.6 is 34.8 Å². The lowest BCUT2D eigenvalue weighted by atomic mass is 9.94. The second-order valence-corrected chi connectivity index (χ2v) is 9.44. The van der Waals surface area contributed by atoms with Crippen LogP contribution in [-0.2, 0) is 4.79 Å². The zero-order valence-corrected chi connectivity index (χ0v) is 19.4. The summed E-state index contributed by atoms with van der Waals surface area (Å²) in [6, 6.07) is 10.3. The molecule has 1 N–H and O–H groups in total. The van der Waals surface area contributed by atoms with Gasteiger partial charge in [0, 0.05) is 37.3 Å². The Labute approximate surface area is 191 Å². The standard InChI is InChI=1S/C22H24Cl3N3O2/c1-22(2,3)21(30)28-11-9-27(10-12-28)18-8-7-14(13-17(18)24)26-20(29)15-5-4-6-16(23)19(15)25/h4-8,13H,9-12H2,1-3H3,(H,26,29). The predicted molar refractivity (Wildman–Crippen MR) is 124 cm³/mol. The fourth-order valence-electron chi connectivity index (χ4n) is 3.34. The van der Waals surface area contributed by atoms with E-state index in [1.807, 2.05) is 31.7 Å². The van der Waals surface area contributed by atoms with Crippen LogP contribution < -0.4 is 10.2 Å². The van der Waals surface area contributed by atoms with Crippen LogP contribution in [0.2, 0.25) is 15.1 Å². The highest BCUT2D eigenvalue weighted by atomic mass is 35.5. The van der Waals surface area contributed by atoms with Gasteiger partial charge >= 0.3 is 0 Å². The molecule has 1 heterocycles. The van der Waals surface area contributed by atoms with E-state index in [2.05, 4.69) is 10.2 Å². The Hall–Kier alpha value is -1.95. The summed E-state index contributed by atoms with van der Waals surface area (Å²) >= 11 is 18.6. The lowest BCUT2D eigenvalue weighted by Gasteiger charge is -2.39. The topological polar surface area (TPSA) is 52.7 Å². The lowest BCUT2D eigenvalue weighted by molar-refractivity contribution is -0.139. The first-order chi connectivity index (χ1) is 14.1. The molecule has 2 aromatic rings. The van der Waals surface area contributed by atoms with Crippen molar-refractivity contribution in [1.82, 2.24) is 4.90 Å². The maximum Gasteiger partial charge on any atom is 0.257 e. The molecule has 0 aromatic heterocycles. The van der Waals surface area contributed by atoms with Crippen LogP contribution in [0.25, 0.3) is 0 Å². The molecule has 0 aliphatic carbocycles. The van der Waals surface area contributed by atoms with Gasteiger partial charge in [-0.05, 0) is 30.3 Å². The third kappa shape index (κ3) is 5.02. The average molecular weight is 469 g/mol. The number of carbonyl (C=O) groups excluding carboxylic acids is 2. The van der Waals surface area contributed by atoms with E-state index in [1.165, 1.54) is 0 Å². The number of nitrogens with zero attached hydrogens (tertiary/aromatic N) is 2. The molecular formula is C22H24Cl3N3O2. The summed E-state index contributed by atoms with van der Waals surface area (Å²) in [4.78, 5) is 29.0. The van der Waals surface area contributed by atoms with Crippen molar-refractivity contribution in [2.75, 3.05) is 36.4 Å². The van der Waals surface area contributed by atoms with Crippen molar-refractivity contribution in [1.29, 1.82) is 0 Å². The van der Waals surface area contributed by atoms with Gasteiger partial charge in [0.25, 0.3) is 5.91 Å². The largest absolute Gasteiger partial charge is 0.367 e. The van der Waals surface area contributed by atoms with E-state index in [0.29, 0.717) is 47.5 Å². The molecule has 8 heteroatoms. The van der Waals surface area contributed by atoms with E-state index in [1.54, 1.807) is 30.3 Å². The molecule has 30 heavy (non-hydrogen) atoms. The monoisotopic (exact) mass is 467 g/mol. The van der Waals surface area contributed by atoms with Crippen molar-refractivity contribution in [3.8, 4) is 0 Å². The molecule has 0 spiro atoms. The van der Waals surface area contributed by atoms with Gasteiger partial charge in [0.1, 0.15) is 0 Å². The summed E-state index contributed by atoms with van der Waals surface area (Å²) in [5.74, 6) is -0.202. The summed E-state index contributed by atoms with van der Waals surface area (Å²) in [7, 11) is 0. The molecule has 3 rings (SSSR count). The Balaban J connectivity index is 1.67. The summed E-state index contributed by atoms with van der Waals surface area (Å²) in [5, 5.41) is 3.86. The van der Waals surface area contributed by atoms with Crippen LogP contribution in [0.3, 0.4) is 0 Å². The predicted octanol–water partition coefficient (Wildman–Crippen LogP) is 5.59. The Morgan fingerprint density at radius 3 is 2.20 bits per heavy atom. The molecule has 0 unspecified atom stereocenters. The van der Waals surface area contributed by atoms with Crippen LogP contribution in [0.15, 0.2) is 36.4 Å². The molecule has 160 valence electrons. The SMILES string of the molecule is CC(C)(C)C(=O)N1CCN(c2ccc(NC(=O)c3cccc(Cl)c3Cl)cc2Cl)CC1. The Morgan fingerprint density at radius 1 is 0.933 bits per heavy atom. The molecule has 2 amide bonds. The highest BCUT2D eigenvalue weighted by Crippen LogP contribution is 2.31. The Kier molecular flexibility index (Phi) is 6.85. The quantitative estimate of drug-likeness (QED) is 0.638. The van der Waals surface area contributed by atoms with Crippen LogP contribution in [0, 0.1) is 5.41 Å². The highest BCUT2D eigenvalue weighted by Gasteiger charge is 2.30. The van der Waals surface area contributed by atoms with Crippen LogP contribution in [0.1, 0.15) is 31.1 Å². The second kappa shape index (κ2) is 9.04. The van der Waals surface area contributed by atoms with Crippen molar-refractivity contribution in [2.45, 2.75) is 20.8 Å². The lowest BCUT2D eigenvalue weighted by Crippen LogP contribution is -2.51. The van der Waals surface area contributed by atoms with Gasteiger partial charge < -0.3 is 15.1 Å². The van der Waals surface area contributed by atoms with Crippen molar-refractivity contribution in [3.05, 3.63) is 57.0 Å². The third-order valence-electron chi connectivity index (χ3n) is 4.95. The first kappa shape index (κ1) is 22.7. The number of piperazine rings is 1. The summed E-state index contributed by atoms with van der Waals surface area (Å²) in [5.41, 5.74) is 1.35. The average Bonchev–Trinajstić information content (AvgIpc) is 2.69. The van der Waals surface area contributed by atoms with Crippen LogP contribution in [-0.4, -0.2) is 42.9 Å². The van der Waals surface area contributed by atoms with E-state index < -0.39 is 0 Å². The zero-order chi connectivity index (χ0) is 22.1. The number of carbonyl (C=O) groups is 2. The van der Waals surface area contributed by atoms with Crippen molar-refractivity contribution < 1.29 is 9.59 Å². The number of amides is 2. The van der Waals surface area contributed by atoms with Crippen LogP contribution in [0.4, 0.5) is 11.4 Å². The minimum Gasteiger partial charge on any atom is -0.367 e. The number of hydrogen-bond donors (Lipinski definition) is 1.